The number of rotatable bonds is 4. The lowest BCUT2D eigenvalue weighted by Crippen LogP contribution is -2.24. The molecule has 3 rings (SSSR count). The van der Waals surface area contributed by atoms with Gasteiger partial charge in [0.2, 0.25) is 11.7 Å². The van der Waals surface area contributed by atoms with Gasteiger partial charge in [-0.05, 0) is 36.8 Å². The second-order valence-corrected chi connectivity index (χ2v) is 5.60. The number of amides is 1. The standard InChI is InChI=1S/C19H16FNO4/c1-11(13-6-8-16-14(10-13)18(23)19(24)25-16)21-17(22)9-7-12-4-2-3-5-15(12)20/h2-11,23-24H,1H3,(H,21,22). The summed E-state index contributed by atoms with van der Waals surface area (Å²) in [4.78, 5) is 12.0. The van der Waals surface area contributed by atoms with E-state index >= 15 is 0 Å². The molecule has 0 aliphatic carbocycles. The molecule has 25 heavy (non-hydrogen) atoms. The highest BCUT2D eigenvalue weighted by Gasteiger charge is 2.15. The smallest absolute Gasteiger partial charge is 0.327 e. The Morgan fingerprint density at radius 1 is 1.24 bits per heavy atom. The first-order valence-corrected chi connectivity index (χ1v) is 7.63. The maximum atomic E-state index is 13.5. The second-order valence-electron chi connectivity index (χ2n) is 5.60. The highest BCUT2D eigenvalue weighted by atomic mass is 19.1. The molecule has 6 heteroatoms. The number of carbonyl (C=O) groups excluding carboxylic acids is 1. The molecule has 0 saturated carbocycles. The minimum absolute atomic E-state index is 0.325. The van der Waals surface area contributed by atoms with Crippen molar-refractivity contribution < 1.29 is 23.8 Å². The van der Waals surface area contributed by atoms with E-state index in [2.05, 4.69) is 5.32 Å². The summed E-state index contributed by atoms with van der Waals surface area (Å²) in [6, 6.07) is 10.7. The Balaban J connectivity index is 1.73. The zero-order chi connectivity index (χ0) is 18.0. The van der Waals surface area contributed by atoms with Gasteiger partial charge in [-0.3, -0.25) is 4.79 Å². The van der Waals surface area contributed by atoms with Crippen molar-refractivity contribution in [3.8, 4) is 11.7 Å². The van der Waals surface area contributed by atoms with Gasteiger partial charge in [-0.15, -0.1) is 0 Å². The summed E-state index contributed by atoms with van der Waals surface area (Å²) in [6.45, 7) is 1.77. The number of carbonyl (C=O) groups is 1. The molecule has 1 aromatic heterocycles. The van der Waals surface area contributed by atoms with Crippen LogP contribution in [0.5, 0.6) is 11.7 Å². The second kappa shape index (κ2) is 6.68. The highest BCUT2D eigenvalue weighted by molar-refractivity contribution is 5.92. The van der Waals surface area contributed by atoms with Crippen LogP contribution in [0.25, 0.3) is 17.0 Å². The Kier molecular flexibility index (Phi) is 4.43. The lowest BCUT2D eigenvalue weighted by atomic mass is 10.1. The number of benzene rings is 2. The first-order valence-electron chi connectivity index (χ1n) is 7.63. The molecule has 2 aromatic carbocycles. The summed E-state index contributed by atoms with van der Waals surface area (Å²) < 4.78 is 18.5. The predicted octanol–water partition coefficient (Wildman–Crippen LogP) is 3.87. The van der Waals surface area contributed by atoms with E-state index in [1.165, 1.54) is 18.2 Å². The average Bonchev–Trinajstić information content (AvgIpc) is 2.88. The quantitative estimate of drug-likeness (QED) is 0.629. The molecule has 1 amide bonds. The van der Waals surface area contributed by atoms with Gasteiger partial charge in [0.05, 0.1) is 11.4 Å². The summed E-state index contributed by atoms with van der Waals surface area (Å²) in [5.74, 6) is -1.66. The third kappa shape index (κ3) is 3.47. The van der Waals surface area contributed by atoms with Crippen molar-refractivity contribution in [2.75, 3.05) is 0 Å². The Labute approximate surface area is 143 Å². The van der Waals surface area contributed by atoms with Crippen LogP contribution in [0.2, 0.25) is 0 Å². The van der Waals surface area contributed by atoms with Crippen LogP contribution in [-0.2, 0) is 4.79 Å². The van der Waals surface area contributed by atoms with Gasteiger partial charge in [-0.2, -0.15) is 0 Å². The van der Waals surface area contributed by atoms with Gasteiger partial charge in [0.25, 0.3) is 0 Å². The molecular formula is C19H16FNO4. The SMILES string of the molecule is CC(NC(=O)C=Cc1ccccc1F)c1ccc2oc(O)c(O)c2c1. The van der Waals surface area contributed by atoms with Gasteiger partial charge in [-0.1, -0.05) is 24.3 Å². The van der Waals surface area contributed by atoms with Gasteiger partial charge >= 0.3 is 5.95 Å². The maximum absolute atomic E-state index is 13.5. The Morgan fingerprint density at radius 2 is 2.00 bits per heavy atom. The number of halogens is 1. The topological polar surface area (TPSA) is 82.7 Å². The van der Waals surface area contributed by atoms with Crippen LogP contribution in [0.1, 0.15) is 24.1 Å². The number of hydrogen-bond donors (Lipinski definition) is 3. The summed E-state index contributed by atoms with van der Waals surface area (Å²) in [5, 5.41) is 22.3. The molecule has 0 spiro atoms. The summed E-state index contributed by atoms with van der Waals surface area (Å²) >= 11 is 0. The minimum atomic E-state index is -0.545. The molecule has 0 saturated heterocycles. The van der Waals surface area contributed by atoms with Crippen LogP contribution >= 0.6 is 0 Å². The molecule has 0 aliphatic heterocycles. The average molecular weight is 341 g/mol. The lowest BCUT2D eigenvalue weighted by molar-refractivity contribution is -0.117. The van der Waals surface area contributed by atoms with Crippen LogP contribution in [0.4, 0.5) is 4.39 Å². The van der Waals surface area contributed by atoms with Crippen molar-refractivity contribution in [1.82, 2.24) is 5.32 Å². The van der Waals surface area contributed by atoms with E-state index in [1.54, 1.807) is 43.3 Å². The number of hydrogen-bond acceptors (Lipinski definition) is 4. The monoisotopic (exact) mass is 341 g/mol. The molecular weight excluding hydrogens is 325 g/mol. The van der Waals surface area contributed by atoms with Gasteiger partial charge < -0.3 is 19.9 Å². The molecule has 0 fully saturated rings. The molecule has 1 atom stereocenters. The van der Waals surface area contributed by atoms with Crippen molar-refractivity contribution in [3.05, 3.63) is 65.5 Å². The van der Waals surface area contributed by atoms with Crippen molar-refractivity contribution in [1.29, 1.82) is 0 Å². The van der Waals surface area contributed by atoms with E-state index < -0.39 is 11.8 Å². The highest BCUT2D eigenvalue weighted by Crippen LogP contribution is 2.38. The van der Waals surface area contributed by atoms with E-state index in [0.29, 0.717) is 16.5 Å². The van der Waals surface area contributed by atoms with Crippen LogP contribution in [0, 0.1) is 5.82 Å². The summed E-state index contributed by atoms with van der Waals surface area (Å²) in [6.07, 6.45) is 2.66. The van der Waals surface area contributed by atoms with Crippen LogP contribution in [-0.4, -0.2) is 16.1 Å². The van der Waals surface area contributed by atoms with E-state index in [0.717, 1.165) is 5.56 Å². The third-order valence-corrected chi connectivity index (χ3v) is 3.85. The summed E-state index contributed by atoms with van der Waals surface area (Å²) in [5.41, 5.74) is 1.39. The van der Waals surface area contributed by atoms with Crippen LogP contribution in [0.3, 0.4) is 0 Å². The number of aromatic hydroxyl groups is 2. The van der Waals surface area contributed by atoms with E-state index in [-0.39, 0.29) is 17.7 Å². The van der Waals surface area contributed by atoms with Gasteiger partial charge in [0.15, 0.2) is 0 Å². The Bertz CT molecular complexity index is 961. The van der Waals surface area contributed by atoms with Crippen molar-refractivity contribution >= 4 is 23.0 Å². The number of fused-ring (bicyclic) bond motifs is 1. The molecule has 1 heterocycles. The van der Waals surface area contributed by atoms with Gasteiger partial charge in [0.1, 0.15) is 11.4 Å². The molecule has 0 radical (unpaired) electrons. The van der Waals surface area contributed by atoms with E-state index in [4.69, 9.17) is 4.42 Å². The fourth-order valence-corrected chi connectivity index (χ4v) is 2.48. The zero-order valence-electron chi connectivity index (χ0n) is 13.4. The normalized spacial score (nSPS) is 12.6. The van der Waals surface area contributed by atoms with Gasteiger partial charge in [0, 0.05) is 11.6 Å². The first-order chi connectivity index (χ1) is 12.0. The number of nitrogens with one attached hydrogen (secondary N) is 1. The minimum Gasteiger partial charge on any atom is -0.501 e. The van der Waals surface area contributed by atoms with Crippen LogP contribution < -0.4 is 5.32 Å². The molecule has 3 N–H and O–H groups in total. The van der Waals surface area contributed by atoms with E-state index in [9.17, 15) is 19.4 Å². The Hall–Kier alpha value is -3.28. The summed E-state index contributed by atoms with van der Waals surface area (Å²) in [7, 11) is 0. The lowest BCUT2D eigenvalue weighted by Gasteiger charge is -2.13. The predicted molar refractivity (Wildman–Crippen MR) is 91.5 cm³/mol. The molecule has 5 nitrogen and oxygen atoms in total. The van der Waals surface area contributed by atoms with Crippen molar-refractivity contribution in [2.24, 2.45) is 0 Å². The first kappa shape index (κ1) is 16.6. The van der Waals surface area contributed by atoms with Crippen molar-refractivity contribution in [3.63, 3.8) is 0 Å². The largest absolute Gasteiger partial charge is 0.501 e. The van der Waals surface area contributed by atoms with Crippen LogP contribution in [0.15, 0.2) is 53.0 Å². The zero-order valence-corrected chi connectivity index (χ0v) is 13.4. The molecule has 0 aliphatic rings. The fourth-order valence-electron chi connectivity index (χ4n) is 2.48. The fraction of sp³-hybridized carbons (Fsp3) is 0.105. The molecule has 1 unspecified atom stereocenters. The molecule has 3 aromatic rings. The number of furan rings is 1. The Morgan fingerprint density at radius 3 is 2.76 bits per heavy atom. The third-order valence-electron chi connectivity index (χ3n) is 3.85. The maximum Gasteiger partial charge on any atom is 0.327 e. The van der Waals surface area contributed by atoms with Crippen molar-refractivity contribution in [2.45, 2.75) is 13.0 Å². The van der Waals surface area contributed by atoms with E-state index in [1.807, 2.05) is 0 Å². The van der Waals surface area contributed by atoms with Gasteiger partial charge in [-0.25, -0.2) is 4.39 Å². The molecule has 128 valence electrons. The molecule has 0 bridgehead atoms.